The molecule has 0 aliphatic rings. The Labute approximate surface area is 116 Å². The molecule has 2 heterocycles. The molecule has 0 amide bonds. The van der Waals surface area contributed by atoms with Crippen molar-refractivity contribution >= 4 is 38.1 Å². The van der Waals surface area contributed by atoms with Crippen LogP contribution >= 0.6 is 22.7 Å². The predicted molar refractivity (Wildman–Crippen MR) is 84.2 cm³/mol. The van der Waals surface area contributed by atoms with Gasteiger partial charge in [-0.05, 0) is 45.9 Å². The molecule has 4 N–H and O–H groups in total. The summed E-state index contributed by atoms with van der Waals surface area (Å²) in [6.07, 6.45) is 4.14. The van der Waals surface area contributed by atoms with E-state index < -0.39 is 0 Å². The van der Waals surface area contributed by atoms with Gasteiger partial charge >= 0.3 is 0 Å². The highest BCUT2D eigenvalue weighted by Crippen LogP contribution is 2.37. The third kappa shape index (κ3) is 3.20. The van der Waals surface area contributed by atoms with E-state index in [9.17, 15) is 0 Å². The third-order valence-electron chi connectivity index (χ3n) is 2.54. The Morgan fingerprint density at radius 3 is 2.11 bits per heavy atom. The van der Waals surface area contributed by atoms with Crippen LogP contribution < -0.4 is 11.5 Å². The summed E-state index contributed by atoms with van der Waals surface area (Å²) in [5.41, 5.74) is 11.5. The monoisotopic (exact) mass is 280 g/mol. The molecule has 0 unspecified atom stereocenters. The molecule has 2 nitrogen and oxygen atoms in total. The van der Waals surface area contributed by atoms with Gasteiger partial charge in [-0.3, -0.25) is 0 Å². The molecule has 2 aromatic heterocycles. The van der Waals surface area contributed by atoms with Gasteiger partial charge in [0.2, 0.25) is 0 Å². The Morgan fingerprint density at radius 1 is 1.00 bits per heavy atom. The van der Waals surface area contributed by atoms with E-state index >= 15 is 0 Å². The molecule has 0 fully saturated rings. The van der Waals surface area contributed by atoms with Gasteiger partial charge in [0.25, 0.3) is 0 Å². The maximum atomic E-state index is 6.12. The molecule has 2 aromatic rings. The molecule has 0 saturated heterocycles. The standard InChI is InChI=1S/C14H20N2S2/c1-13(2,15)6-5-9-7-10-11(17-9)8-12(18-10)14(3,4)16/h5-8H,15-16H2,1-4H3/b6-5+. The zero-order valence-corrected chi connectivity index (χ0v) is 12.9. The first-order valence-electron chi connectivity index (χ1n) is 5.96. The zero-order chi connectivity index (χ0) is 13.6. The van der Waals surface area contributed by atoms with Crippen molar-refractivity contribution in [1.29, 1.82) is 0 Å². The van der Waals surface area contributed by atoms with E-state index in [1.54, 1.807) is 22.7 Å². The summed E-state index contributed by atoms with van der Waals surface area (Å²) < 4.78 is 2.62. The van der Waals surface area contributed by atoms with Crippen LogP contribution in [-0.2, 0) is 5.54 Å². The van der Waals surface area contributed by atoms with Crippen LogP contribution in [0.25, 0.3) is 15.5 Å². The van der Waals surface area contributed by atoms with Crippen LogP contribution in [-0.4, -0.2) is 5.54 Å². The van der Waals surface area contributed by atoms with E-state index in [2.05, 4.69) is 18.2 Å². The van der Waals surface area contributed by atoms with Gasteiger partial charge in [0.05, 0.1) is 0 Å². The molecule has 0 spiro atoms. The Morgan fingerprint density at radius 2 is 1.61 bits per heavy atom. The fourth-order valence-electron chi connectivity index (χ4n) is 1.55. The van der Waals surface area contributed by atoms with Crippen molar-refractivity contribution in [2.75, 3.05) is 0 Å². The molecule has 0 saturated carbocycles. The van der Waals surface area contributed by atoms with Crippen molar-refractivity contribution in [3.8, 4) is 0 Å². The number of nitrogens with two attached hydrogens (primary N) is 2. The number of thiophene rings is 2. The largest absolute Gasteiger partial charge is 0.322 e. The lowest BCUT2D eigenvalue weighted by atomic mass is 10.1. The third-order valence-corrected chi connectivity index (χ3v) is 5.14. The second-order valence-electron chi connectivity index (χ2n) is 5.86. The van der Waals surface area contributed by atoms with Gasteiger partial charge in [0.15, 0.2) is 0 Å². The molecular weight excluding hydrogens is 260 g/mol. The Hall–Kier alpha value is -0.680. The van der Waals surface area contributed by atoms with Crippen molar-refractivity contribution in [2.24, 2.45) is 11.5 Å². The fourth-order valence-corrected chi connectivity index (χ4v) is 3.88. The van der Waals surface area contributed by atoms with Crippen LogP contribution in [0.3, 0.4) is 0 Å². The highest BCUT2D eigenvalue weighted by Gasteiger charge is 2.18. The SMILES string of the molecule is CC(C)(N)/C=C/c1cc2sc(C(C)(C)N)cc2s1. The Bertz CT molecular complexity index is 545. The normalized spacial score (nSPS) is 13.9. The van der Waals surface area contributed by atoms with Crippen molar-refractivity contribution in [1.82, 2.24) is 0 Å². The highest BCUT2D eigenvalue weighted by atomic mass is 32.1. The molecule has 18 heavy (non-hydrogen) atoms. The fraction of sp³-hybridized carbons (Fsp3) is 0.429. The molecule has 0 bridgehead atoms. The lowest BCUT2D eigenvalue weighted by Gasteiger charge is -2.15. The van der Waals surface area contributed by atoms with E-state index in [0.29, 0.717) is 0 Å². The topological polar surface area (TPSA) is 52.0 Å². The smallest absolute Gasteiger partial charge is 0.0460 e. The molecule has 0 atom stereocenters. The first kappa shape index (κ1) is 13.7. The van der Waals surface area contributed by atoms with Crippen LogP contribution in [0, 0.1) is 0 Å². The molecule has 0 aliphatic carbocycles. The summed E-state index contributed by atoms with van der Waals surface area (Å²) in [6.45, 7) is 8.07. The first-order chi connectivity index (χ1) is 8.15. The second-order valence-corrected chi connectivity index (χ2v) is 8.06. The quantitative estimate of drug-likeness (QED) is 0.895. The van der Waals surface area contributed by atoms with Gasteiger partial charge in [-0.2, -0.15) is 0 Å². The Balaban J connectivity index is 2.31. The van der Waals surface area contributed by atoms with Crippen molar-refractivity contribution in [3.05, 3.63) is 28.0 Å². The van der Waals surface area contributed by atoms with Crippen LogP contribution in [0.15, 0.2) is 18.2 Å². The molecular formula is C14H20N2S2. The zero-order valence-electron chi connectivity index (χ0n) is 11.3. The summed E-state index contributed by atoms with van der Waals surface area (Å²) in [5, 5.41) is 0. The minimum Gasteiger partial charge on any atom is -0.322 e. The van der Waals surface area contributed by atoms with Gasteiger partial charge < -0.3 is 11.5 Å². The first-order valence-corrected chi connectivity index (χ1v) is 7.59. The molecule has 4 heteroatoms. The van der Waals surface area contributed by atoms with Gasteiger partial charge in [0.1, 0.15) is 0 Å². The number of fused-ring (bicyclic) bond motifs is 1. The minimum absolute atomic E-state index is 0.251. The van der Waals surface area contributed by atoms with Crippen molar-refractivity contribution in [3.63, 3.8) is 0 Å². The molecule has 0 aliphatic heterocycles. The number of rotatable bonds is 3. The maximum Gasteiger partial charge on any atom is 0.0460 e. The highest BCUT2D eigenvalue weighted by molar-refractivity contribution is 7.28. The lowest BCUT2D eigenvalue weighted by molar-refractivity contribution is 0.567. The van der Waals surface area contributed by atoms with E-state index in [1.165, 1.54) is 19.2 Å². The number of hydrogen-bond donors (Lipinski definition) is 2. The van der Waals surface area contributed by atoms with Gasteiger partial charge in [-0.25, -0.2) is 0 Å². The van der Waals surface area contributed by atoms with Crippen molar-refractivity contribution in [2.45, 2.75) is 38.8 Å². The van der Waals surface area contributed by atoms with E-state index in [4.69, 9.17) is 11.5 Å². The summed E-state index contributed by atoms with van der Waals surface area (Å²) in [7, 11) is 0. The van der Waals surface area contributed by atoms with E-state index in [-0.39, 0.29) is 11.1 Å². The minimum atomic E-state index is -0.262. The summed E-state index contributed by atoms with van der Waals surface area (Å²) in [6, 6.07) is 4.41. The lowest BCUT2D eigenvalue weighted by Crippen LogP contribution is -2.28. The van der Waals surface area contributed by atoms with Gasteiger partial charge in [0, 0.05) is 30.2 Å². The van der Waals surface area contributed by atoms with Crippen molar-refractivity contribution < 1.29 is 0 Å². The Kier molecular flexibility index (Phi) is 3.40. The van der Waals surface area contributed by atoms with Gasteiger partial charge in [-0.15, -0.1) is 22.7 Å². The molecule has 2 rings (SSSR count). The van der Waals surface area contributed by atoms with Gasteiger partial charge in [-0.1, -0.05) is 6.08 Å². The van der Waals surface area contributed by atoms with Crippen LogP contribution in [0.1, 0.15) is 37.4 Å². The number of hydrogen-bond acceptors (Lipinski definition) is 4. The van der Waals surface area contributed by atoms with Crippen LogP contribution in [0.4, 0.5) is 0 Å². The van der Waals surface area contributed by atoms with E-state index in [1.807, 2.05) is 33.8 Å². The van der Waals surface area contributed by atoms with Crippen LogP contribution in [0.5, 0.6) is 0 Å². The average molecular weight is 280 g/mol. The average Bonchev–Trinajstić information content (AvgIpc) is 2.68. The summed E-state index contributed by atoms with van der Waals surface area (Å²) >= 11 is 3.57. The predicted octanol–water partition coefficient (Wildman–Crippen LogP) is 3.91. The molecule has 0 aromatic carbocycles. The maximum absolute atomic E-state index is 6.12. The van der Waals surface area contributed by atoms with E-state index in [0.717, 1.165) is 0 Å². The molecule has 0 radical (unpaired) electrons. The molecule has 98 valence electrons. The summed E-state index contributed by atoms with van der Waals surface area (Å²) in [4.78, 5) is 2.48. The second kappa shape index (κ2) is 4.46. The van der Waals surface area contributed by atoms with Crippen LogP contribution in [0.2, 0.25) is 0 Å². The summed E-state index contributed by atoms with van der Waals surface area (Å²) in [5.74, 6) is 0.